The van der Waals surface area contributed by atoms with Crippen molar-refractivity contribution in [3.05, 3.63) is 54.6 Å². The van der Waals surface area contributed by atoms with Crippen LogP contribution in [0, 0.1) is 0 Å². The molecule has 1 aliphatic rings. The summed E-state index contributed by atoms with van der Waals surface area (Å²) >= 11 is 0. The fourth-order valence-corrected chi connectivity index (χ4v) is 2.57. The summed E-state index contributed by atoms with van der Waals surface area (Å²) < 4.78 is 10.6. The van der Waals surface area contributed by atoms with Gasteiger partial charge in [-0.1, -0.05) is 18.2 Å². The lowest BCUT2D eigenvalue weighted by Crippen LogP contribution is -2.34. The Morgan fingerprint density at radius 1 is 1.12 bits per heavy atom. The number of aliphatic carboxylic acids is 1. The van der Waals surface area contributed by atoms with Gasteiger partial charge in [-0.05, 0) is 43.3 Å². The van der Waals surface area contributed by atoms with Gasteiger partial charge in [0.2, 0.25) is 0 Å². The van der Waals surface area contributed by atoms with Gasteiger partial charge in [0.15, 0.2) is 6.04 Å². The number of carbonyl (C=O) groups excluding carboxylic acids is 1. The molecule has 3 rings (SSSR count). The van der Waals surface area contributed by atoms with Crippen LogP contribution in [0.1, 0.15) is 13.3 Å². The molecule has 0 aromatic heterocycles. The summed E-state index contributed by atoms with van der Waals surface area (Å²) in [5.41, 5.74) is 0.654. The Morgan fingerprint density at radius 2 is 1.77 bits per heavy atom. The largest absolute Gasteiger partial charge is 0.480 e. The first-order valence-corrected chi connectivity index (χ1v) is 8.18. The number of hydrogen-bond donors (Lipinski definition) is 1. The smallest absolute Gasteiger partial charge is 0.354 e. The zero-order chi connectivity index (χ0) is 18.5. The minimum absolute atomic E-state index is 0.00354. The fourth-order valence-electron chi connectivity index (χ4n) is 2.57. The van der Waals surface area contributed by atoms with E-state index in [2.05, 4.69) is 5.10 Å². The van der Waals surface area contributed by atoms with Crippen LogP contribution in [0.2, 0.25) is 0 Å². The highest BCUT2D eigenvalue weighted by molar-refractivity contribution is 6.38. The molecule has 0 bridgehead atoms. The molecule has 0 radical (unpaired) electrons. The van der Waals surface area contributed by atoms with Crippen molar-refractivity contribution in [3.8, 4) is 11.5 Å². The van der Waals surface area contributed by atoms with E-state index in [0.717, 1.165) is 0 Å². The number of rotatable bonds is 6. The summed E-state index contributed by atoms with van der Waals surface area (Å²) in [5.74, 6) is -0.337. The van der Waals surface area contributed by atoms with Gasteiger partial charge in [-0.2, -0.15) is 5.10 Å². The average molecular weight is 354 g/mol. The second kappa shape index (κ2) is 7.69. The number of anilines is 1. The Bertz CT molecular complexity index is 818. The Balaban J connectivity index is 1.79. The van der Waals surface area contributed by atoms with Gasteiger partial charge in [0.25, 0.3) is 0 Å². The number of carboxylic acid groups (broad SMARTS) is 1. The van der Waals surface area contributed by atoms with Crippen LogP contribution in [0.5, 0.6) is 11.5 Å². The third kappa shape index (κ3) is 3.83. The molecule has 134 valence electrons. The summed E-state index contributed by atoms with van der Waals surface area (Å²) in [6.45, 7) is 1.90. The van der Waals surface area contributed by atoms with Crippen molar-refractivity contribution in [1.82, 2.24) is 0 Å². The van der Waals surface area contributed by atoms with Gasteiger partial charge in [0.05, 0.1) is 12.3 Å². The zero-order valence-corrected chi connectivity index (χ0v) is 14.2. The molecular formula is C19H18N2O5. The molecule has 1 N–H and O–H groups in total. The van der Waals surface area contributed by atoms with E-state index in [1.165, 1.54) is 5.01 Å². The molecule has 0 amide bonds. The van der Waals surface area contributed by atoms with Crippen molar-refractivity contribution in [2.45, 2.75) is 19.4 Å². The van der Waals surface area contributed by atoms with Crippen LogP contribution < -0.4 is 9.75 Å². The maximum atomic E-state index is 11.9. The number of carboxylic acids is 1. The van der Waals surface area contributed by atoms with Crippen LogP contribution in [0.25, 0.3) is 0 Å². The fraction of sp³-hybridized carbons (Fsp3) is 0.211. The molecule has 0 unspecified atom stereocenters. The Kier molecular flexibility index (Phi) is 5.17. The van der Waals surface area contributed by atoms with Crippen LogP contribution in [0.4, 0.5) is 5.69 Å². The summed E-state index contributed by atoms with van der Waals surface area (Å²) in [6.07, 6.45) is -0.00354. The van der Waals surface area contributed by atoms with E-state index < -0.39 is 18.0 Å². The third-order valence-electron chi connectivity index (χ3n) is 3.79. The van der Waals surface area contributed by atoms with Gasteiger partial charge in [0.1, 0.15) is 17.2 Å². The SMILES string of the molecule is CCOC(=O)C1=NN(c2ccc(Oc3ccccc3)cc2)[C@@H](C(=O)O)C1. The summed E-state index contributed by atoms with van der Waals surface area (Å²) in [7, 11) is 0. The molecule has 26 heavy (non-hydrogen) atoms. The first-order chi connectivity index (χ1) is 12.6. The van der Waals surface area contributed by atoms with E-state index in [0.29, 0.717) is 17.2 Å². The summed E-state index contributed by atoms with van der Waals surface area (Å²) in [4.78, 5) is 23.4. The van der Waals surface area contributed by atoms with Gasteiger partial charge in [0, 0.05) is 6.42 Å². The number of para-hydroxylation sites is 1. The Hall–Kier alpha value is -3.35. The van der Waals surface area contributed by atoms with Crippen molar-refractivity contribution >= 4 is 23.3 Å². The maximum absolute atomic E-state index is 11.9. The normalized spacial score (nSPS) is 16.1. The average Bonchev–Trinajstić information content (AvgIpc) is 3.09. The second-order valence-corrected chi connectivity index (χ2v) is 5.58. The van der Waals surface area contributed by atoms with Crippen LogP contribution in [-0.4, -0.2) is 35.4 Å². The van der Waals surface area contributed by atoms with Crippen molar-refractivity contribution in [1.29, 1.82) is 0 Å². The maximum Gasteiger partial charge on any atom is 0.354 e. The van der Waals surface area contributed by atoms with Crippen molar-refractivity contribution < 1.29 is 24.2 Å². The van der Waals surface area contributed by atoms with Gasteiger partial charge in [-0.25, -0.2) is 9.59 Å². The number of hydrazone groups is 1. The molecule has 0 saturated carbocycles. The first-order valence-electron chi connectivity index (χ1n) is 8.18. The second-order valence-electron chi connectivity index (χ2n) is 5.58. The van der Waals surface area contributed by atoms with E-state index >= 15 is 0 Å². The van der Waals surface area contributed by atoms with Crippen LogP contribution >= 0.6 is 0 Å². The molecule has 1 aliphatic heterocycles. The highest BCUT2D eigenvalue weighted by Crippen LogP contribution is 2.29. The number of hydrogen-bond acceptors (Lipinski definition) is 6. The minimum Gasteiger partial charge on any atom is -0.480 e. The summed E-state index contributed by atoms with van der Waals surface area (Å²) in [5, 5.41) is 14.9. The predicted molar refractivity (Wildman–Crippen MR) is 95.5 cm³/mol. The molecule has 0 fully saturated rings. The van der Waals surface area contributed by atoms with E-state index in [1.54, 1.807) is 31.2 Å². The van der Waals surface area contributed by atoms with Crippen LogP contribution in [-0.2, 0) is 14.3 Å². The molecule has 7 nitrogen and oxygen atoms in total. The molecule has 0 saturated heterocycles. The Morgan fingerprint density at radius 3 is 2.38 bits per heavy atom. The molecule has 1 heterocycles. The molecule has 0 spiro atoms. The number of carbonyl (C=O) groups is 2. The Labute approximate surface area is 150 Å². The molecule has 7 heteroatoms. The summed E-state index contributed by atoms with van der Waals surface area (Å²) in [6, 6.07) is 15.2. The van der Waals surface area contributed by atoms with Gasteiger partial charge in [-0.15, -0.1) is 0 Å². The zero-order valence-electron chi connectivity index (χ0n) is 14.2. The quantitative estimate of drug-likeness (QED) is 0.802. The van der Waals surface area contributed by atoms with Crippen molar-refractivity contribution in [2.75, 3.05) is 11.6 Å². The lowest BCUT2D eigenvalue weighted by molar-refractivity contribution is -0.138. The third-order valence-corrected chi connectivity index (χ3v) is 3.79. The molecule has 2 aromatic carbocycles. The first kappa shape index (κ1) is 17.5. The highest BCUT2D eigenvalue weighted by atomic mass is 16.5. The number of esters is 1. The van der Waals surface area contributed by atoms with E-state index in [4.69, 9.17) is 9.47 Å². The van der Waals surface area contributed by atoms with Crippen molar-refractivity contribution in [2.24, 2.45) is 5.10 Å². The number of nitrogens with zero attached hydrogens (tertiary/aromatic N) is 2. The van der Waals surface area contributed by atoms with Crippen LogP contribution in [0.3, 0.4) is 0 Å². The number of ether oxygens (including phenoxy) is 2. The van der Waals surface area contributed by atoms with E-state index in [9.17, 15) is 14.7 Å². The molecular weight excluding hydrogens is 336 g/mol. The van der Waals surface area contributed by atoms with Crippen molar-refractivity contribution in [3.63, 3.8) is 0 Å². The van der Waals surface area contributed by atoms with E-state index in [1.807, 2.05) is 30.3 Å². The highest BCUT2D eigenvalue weighted by Gasteiger charge is 2.36. The van der Waals surface area contributed by atoms with Gasteiger partial charge in [-0.3, -0.25) is 5.01 Å². The number of benzene rings is 2. The molecule has 2 aromatic rings. The lowest BCUT2D eigenvalue weighted by atomic mass is 10.1. The minimum atomic E-state index is -1.06. The lowest BCUT2D eigenvalue weighted by Gasteiger charge is -2.20. The van der Waals surface area contributed by atoms with Crippen LogP contribution in [0.15, 0.2) is 59.7 Å². The van der Waals surface area contributed by atoms with Gasteiger partial charge < -0.3 is 14.6 Å². The topological polar surface area (TPSA) is 88.4 Å². The molecule has 0 aliphatic carbocycles. The predicted octanol–water partition coefficient (Wildman–Crippen LogP) is 3.06. The monoisotopic (exact) mass is 354 g/mol. The van der Waals surface area contributed by atoms with E-state index in [-0.39, 0.29) is 18.7 Å². The molecule has 1 atom stereocenters. The van der Waals surface area contributed by atoms with Gasteiger partial charge >= 0.3 is 11.9 Å². The standard InChI is InChI=1S/C19H18N2O5/c1-2-25-19(24)16-12-17(18(22)23)21(20-16)13-8-10-15(11-9-13)26-14-6-4-3-5-7-14/h3-11,17H,2,12H2,1H3,(H,22,23)/t17-/m1/s1.